The van der Waals surface area contributed by atoms with Crippen molar-refractivity contribution in [1.29, 1.82) is 0 Å². The zero-order valence-corrected chi connectivity index (χ0v) is 14.0. The molecule has 1 fully saturated rings. The van der Waals surface area contributed by atoms with Gasteiger partial charge >= 0.3 is 12.6 Å². The van der Waals surface area contributed by atoms with Gasteiger partial charge in [0.1, 0.15) is 0 Å². The summed E-state index contributed by atoms with van der Waals surface area (Å²) < 4.78 is 39.8. The standard InChI is InChI=1S/C16H22F2N2O4/c1-16(2)10-20(6-7-23-16)15(21)19-9-11-4-5-12(22-3)13(8-11)24-14(17)18/h4-5,8,14H,6-7,9-10H2,1-3H3,(H,19,21). The fraction of sp³-hybridized carbons (Fsp3) is 0.562. The van der Waals surface area contributed by atoms with Gasteiger partial charge in [0.05, 0.1) is 25.9 Å². The largest absolute Gasteiger partial charge is 0.493 e. The third-order valence-electron chi connectivity index (χ3n) is 3.60. The first-order valence-corrected chi connectivity index (χ1v) is 7.59. The summed E-state index contributed by atoms with van der Waals surface area (Å²) in [5, 5.41) is 2.77. The smallest absolute Gasteiger partial charge is 0.387 e. The van der Waals surface area contributed by atoms with Crippen molar-refractivity contribution >= 4 is 6.03 Å². The number of carbonyl (C=O) groups is 1. The van der Waals surface area contributed by atoms with Gasteiger partial charge in [0.15, 0.2) is 11.5 Å². The molecule has 8 heteroatoms. The van der Waals surface area contributed by atoms with E-state index in [4.69, 9.17) is 9.47 Å². The normalized spacial score (nSPS) is 16.8. The molecule has 134 valence electrons. The number of ether oxygens (including phenoxy) is 3. The first kappa shape index (κ1) is 18.3. The summed E-state index contributed by atoms with van der Waals surface area (Å²) in [5.41, 5.74) is 0.251. The van der Waals surface area contributed by atoms with Crippen LogP contribution in [0.2, 0.25) is 0 Å². The van der Waals surface area contributed by atoms with E-state index in [0.29, 0.717) is 25.3 Å². The van der Waals surface area contributed by atoms with Crippen LogP contribution in [0.15, 0.2) is 18.2 Å². The number of methoxy groups -OCH3 is 1. The Labute approximate surface area is 139 Å². The molecular formula is C16H22F2N2O4. The van der Waals surface area contributed by atoms with Crippen LogP contribution in [0, 0.1) is 0 Å². The van der Waals surface area contributed by atoms with Gasteiger partial charge in [-0.1, -0.05) is 6.07 Å². The van der Waals surface area contributed by atoms with E-state index in [1.807, 2.05) is 13.8 Å². The van der Waals surface area contributed by atoms with Gasteiger partial charge in [-0.25, -0.2) is 4.79 Å². The van der Waals surface area contributed by atoms with Crippen molar-refractivity contribution in [2.45, 2.75) is 32.6 Å². The number of benzene rings is 1. The SMILES string of the molecule is COc1ccc(CNC(=O)N2CCOC(C)(C)C2)cc1OC(F)F. The van der Waals surface area contributed by atoms with Gasteiger partial charge in [-0.2, -0.15) is 8.78 Å². The molecule has 1 aromatic rings. The molecule has 1 aromatic carbocycles. The number of halogens is 2. The van der Waals surface area contributed by atoms with Crippen molar-refractivity contribution in [3.63, 3.8) is 0 Å². The minimum atomic E-state index is -2.95. The second-order valence-electron chi connectivity index (χ2n) is 6.05. The van der Waals surface area contributed by atoms with E-state index in [-0.39, 0.29) is 29.7 Å². The molecule has 24 heavy (non-hydrogen) atoms. The predicted molar refractivity (Wildman–Crippen MR) is 83.5 cm³/mol. The lowest BCUT2D eigenvalue weighted by Gasteiger charge is -2.38. The van der Waals surface area contributed by atoms with Gasteiger partial charge in [-0.05, 0) is 31.5 Å². The number of morpholine rings is 1. The molecule has 2 amide bonds. The van der Waals surface area contributed by atoms with E-state index < -0.39 is 6.61 Å². The molecule has 1 aliphatic heterocycles. The van der Waals surface area contributed by atoms with Crippen LogP contribution in [0.1, 0.15) is 19.4 Å². The lowest BCUT2D eigenvalue weighted by atomic mass is 10.1. The molecule has 0 unspecified atom stereocenters. The van der Waals surface area contributed by atoms with Crippen LogP contribution in [0.3, 0.4) is 0 Å². The second kappa shape index (κ2) is 7.65. The first-order valence-electron chi connectivity index (χ1n) is 7.59. The average Bonchev–Trinajstić information content (AvgIpc) is 2.51. The number of nitrogens with zero attached hydrogens (tertiary/aromatic N) is 1. The highest BCUT2D eigenvalue weighted by Gasteiger charge is 2.29. The van der Waals surface area contributed by atoms with E-state index in [9.17, 15) is 13.6 Å². The Hall–Kier alpha value is -2.09. The molecule has 0 saturated carbocycles. The van der Waals surface area contributed by atoms with Gasteiger partial charge in [-0.15, -0.1) is 0 Å². The van der Waals surface area contributed by atoms with Crippen LogP contribution >= 0.6 is 0 Å². The fourth-order valence-corrected chi connectivity index (χ4v) is 2.50. The van der Waals surface area contributed by atoms with Crippen LogP contribution in [-0.2, 0) is 11.3 Å². The maximum absolute atomic E-state index is 12.4. The lowest BCUT2D eigenvalue weighted by Crippen LogP contribution is -2.53. The number of alkyl halides is 2. The van der Waals surface area contributed by atoms with Crippen LogP contribution in [-0.4, -0.2) is 49.9 Å². The third kappa shape index (κ3) is 4.95. The minimum Gasteiger partial charge on any atom is -0.493 e. The Kier molecular flexibility index (Phi) is 5.82. The highest BCUT2D eigenvalue weighted by Crippen LogP contribution is 2.29. The Morgan fingerprint density at radius 3 is 2.79 bits per heavy atom. The zero-order chi connectivity index (χ0) is 17.7. The molecular weight excluding hydrogens is 322 g/mol. The number of carbonyl (C=O) groups excluding carboxylic acids is 1. The number of hydrogen-bond acceptors (Lipinski definition) is 4. The Bertz CT molecular complexity index is 581. The number of rotatable bonds is 5. The molecule has 6 nitrogen and oxygen atoms in total. The second-order valence-corrected chi connectivity index (χ2v) is 6.05. The summed E-state index contributed by atoms with van der Waals surface area (Å²) in [5.74, 6) is 0.145. The van der Waals surface area contributed by atoms with Crippen LogP contribution in [0.25, 0.3) is 0 Å². The molecule has 1 saturated heterocycles. The van der Waals surface area contributed by atoms with Crippen LogP contribution < -0.4 is 14.8 Å². The Balaban J connectivity index is 1.97. The van der Waals surface area contributed by atoms with Crippen molar-refractivity contribution < 1.29 is 27.8 Å². The van der Waals surface area contributed by atoms with Crippen molar-refractivity contribution in [2.75, 3.05) is 26.8 Å². The topological polar surface area (TPSA) is 60.0 Å². The van der Waals surface area contributed by atoms with Crippen molar-refractivity contribution in [3.05, 3.63) is 23.8 Å². The first-order chi connectivity index (χ1) is 11.3. The predicted octanol–water partition coefficient (Wildman–Crippen LogP) is 2.62. The molecule has 0 aliphatic carbocycles. The summed E-state index contributed by atoms with van der Waals surface area (Å²) in [6, 6.07) is 4.41. The summed E-state index contributed by atoms with van der Waals surface area (Å²) >= 11 is 0. The summed E-state index contributed by atoms with van der Waals surface area (Å²) in [6.07, 6.45) is 0. The van der Waals surface area contributed by atoms with Crippen molar-refractivity contribution in [2.24, 2.45) is 0 Å². The van der Waals surface area contributed by atoms with E-state index in [1.54, 1.807) is 11.0 Å². The van der Waals surface area contributed by atoms with Crippen molar-refractivity contribution in [1.82, 2.24) is 10.2 Å². The van der Waals surface area contributed by atoms with E-state index in [0.717, 1.165) is 0 Å². The van der Waals surface area contributed by atoms with E-state index in [1.165, 1.54) is 19.2 Å². The molecule has 0 aromatic heterocycles. The molecule has 2 rings (SSSR count). The number of urea groups is 1. The summed E-state index contributed by atoms with van der Waals surface area (Å²) in [4.78, 5) is 13.9. The van der Waals surface area contributed by atoms with Crippen LogP contribution in [0.4, 0.5) is 13.6 Å². The molecule has 0 atom stereocenters. The van der Waals surface area contributed by atoms with E-state index >= 15 is 0 Å². The van der Waals surface area contributed by atoms with Gasteiger partial charge < -0.3 is 24.4 Å². The Morgan fingerprint density at radius 1 is 1.42 bits per heavy atom. The molecule has 1 N–H and O–H groups in total. The lowest BCUT2D eigenvalue weighted by molar-refractivity contribution is -0.0733. The summed E-state index contributed by atoms with van der Waals surface area (Å²) in [7, 11) is 1.37. The fourth-order valence-electron chi connectivity index (χ4n) is 2.50. The average molecular weight is 344 g/mol. The number of nitrogens with one attached hydrogen (secondary N) is 1. The Morgan fingerprint density at radius 2 is 2.17 bits per heavy atom. The molecule has 1 heterocycles. The highest BCUT2D eigenvalue weighted by molar-refractivity contribution is 5.74. The molecule has 0 spiro atoms. The number of hydrogen-bond donors (Lipinski definition) is 1. The quantitative estimate of drug-likeness (QED) is 0.892. The van der Waals surface area contributed by atoms with Crippen molar-refractivity contribution in [3.8, 4) is 11.5 Å². The third-order valence-corrected chi connectivity index (χ3v) is 3.60. The molecule has 1 aliphatic rings. The maximum atomic E-state index is 12.4. The minimum absolute atomic E-state index is 0.0632. The van der Waals surface area contributed by atoms with Crippen LogP contribution in [0.5, 0.6) is 11.5 Å². The monoisotopic (exact) mass is 344 g/mol. The number of amides is 2. The van der Waals surface area contributed by atoms with Gasteiger partial charge in [0.2, 0.25) is 0 Å². The highest BCUT2D eigenvalue weighted by atomic mass is 19.3. The molecule has 0 radical (unpaired) electrons. The zero-order valence-electron chi connectivity index (χ0n) is 14.0. The van der Waals surface area contributed by atoms with Gasteiger partial charge in [-0.3, -0.25) is 0 Å². The molecule has 0 bridgehead atoms. The van der Waals surface area contributed by atoms with E-state index in [2.05, 4.69) is 10.1 Å². The van der Waals surface area contributed by atoms with Gasteiger partial charge in [0.25, 0.3) is 0 Å². The summed E-state index contributed by atoms with van der Waals surface area (Å²) in [6.45, 7) is 2.57. The van der Waals surface area contributed by atoms with Gasteiger partial charge in [0, 0.05) is 13.1 Å². The maximum Gasteiger partial charge on any atom is 0.387 e.